The molecule has 6 heteroatoms. The summed E-state index contributed by atoms with van der Waals surface area (Å²) < 4.78 is 16.9. The smallest absolute Gasteiger partial charge is 0.306 e. The summed E-state index contributed by atoms with van der Waals surface area (Å²) in [6.07, 6.45) is 94.1. The average molecular weight is 1090 g/mol. The SMILES string of the molecule is CC/C=C\C/C=C\C/C=C\C/C=C\C/C=C\C/C=C\C/C=C\CCCCCC(=O)OCC(COC(=O)CCCCCCCCC/C=C\C/C=C\CCCCC)OC(=O)CCCCCCCC/C=C\C/C=C\C/C=C\CCCCC. The van der Waals surface area contributed by atoms with Gasteiger partial charge >= 0.3 is 17.9 Å². The van der Waals surface area contributed by atoms with E-state index >= 15 is 0 Å². The molecule has 0 amide bonds. The molecule has 1 atom stereocenters. The molecule has 6 nitrogen and oxygen atoms in total. The summed E-state index contributed by atoms with van der Waals surface area (Å²) >= 11 is 0. The number of unbranched alkanes of at least 4 members (excludes halogenated alkanes) is 22. The third-order valence-electron chi connectivity index (χ3n) is 13.3. The normalized spacial score (nSPS) is 13.1. The van der Waals surface area contributed by atoms with Crippen molar-refractivity contribution in [3.63, 3.8) is 0 Å². The fourth-order valence-electron chi connectivity index (χ4n) is 8.46. The lowest BCUT2D eigenvalue weighted by atomic mass is 10.1. The van der Waals surface area contributed by atoms with Gasteiger partial charge in [0.1, 0.15) is 13.2 Å². The van der Waals surface area contributed by atoms with Crippen LogP contribution in [0.1, 0.15) is 278 Å². The van der Waals surface area contributed by atoms with Gasteiger partial charge in [0.15, 0.2) is 6.10 Å². The van der Waals surface area contributed by atoms with Crippen LogP contribution in [-0.2, 0) is 28.6 Å². The first-order valence-electron chi connectivity index (χ1n) is 32.3. The van der Waals surface area contributed by atoms with Gasteiger partial charge in [0, 0.05) is 19.3 Å². The van der Waals surface area contributed by atoms with Crippen LogP contribution < -0.4 is 0 Å². The zero-order valence-corrected chi connectivity index (χ0v) is 51.1. The molecule has 0 radical (unpaired) electrons. The molecule has 0 aliphatic carbocycles. The van der Waals surface area contributed by atoms with E-state index in [9.17, 15) is 14.4 Å². The molecule has 0 N–H and O–H groups in total. The van der Waals surface area contributed by atoms with Gasteiger partial charge in [-0.15, -0.1) is 0 Å². The van der Waals surface area contributed by atoms with Gasteiger partial charge in [-0.05, 0) is 148 Å². The number of carbonyl (C=O) groups is 3. The molecule has 0 heterocycles. The van der Waals surface area contributed by atoms with E-state index < -0.39 is 6.10 Å². The minimum absolute atomic E-state index is 0.103. The van der Waals surface area contributed by atoms with Gasteiger partial charge in [0.05, 0.1) is 0 Å². The summed E-state index contributed by atoms with van der Waals surface area (Å²) in [4.78, 5) is 38.4. The van der Waals surface area contributed by atoms with Crippen LogP contribution in [0.5, 0.6) is 0 Å². The van der Waals surface area contributed by atoms with Crippen molar-refractivity contribution in [3.05, 3.63) is 146 Å². The molecule has 0 spiro atoms. The molecule has 0 aliphatic rings. The predicted octanol–water partition coefficient (Wildman–Crippen LogP) is 22.3. The van der Waals surface area contributed by atoms with Crippen molar-refractivity contribution < 1.29 is 28.6 Å². The highest BCUT2D eigenvalue weighted by atomic mass is 16.6. The van der Waals surface area contributed by atoms with Crippen molar-refractivity contribution in [3.8, 4) is 0 Å². The Bertz CT molecular complexity index is 1730. The Balaban J connectivity index is 4.51. The molecule has 79 heavy (non-hydrogen) atoms. The molecular weight excluding hydrogens is 973 g/mol. The highest BCUT2D eigenvalue weighted by Gasteiger charge is 2.19. The topological polar surface area (TPSA) is 78.9 Å². The first-order chi connectivity index (χ1) is 39.0. The molecule has 0 aromatic heterocycles. The largest absolute Gasteiger partial charge is 0.462 e. The maximum atomic E-state index is 12.9. The van der Waals surface area contributed by atoms with E-state index in [1.807, 2.05) is 0 Å². The standard InChI is InChI=1S/C73H118O6/c1-4-7-10-13-16-19-22-25-28-31-33-34-35-36-37-38-40-42-45-48-51-54-57-60-63-66-72(75)78-69-70(68-77-71(74)65-62-59-56-53-50-47-44-41-30-27-24-21-18-15-12-9-6-3)79-73(76)67-64-61-58-55-52-49-46-43-39-32-29-26-23-20-17-14-11-8-5-2/h7,10,16-21,25-30,33-34,36-37,39-40,42-43,48,51,70H,4-6,8-9,11-15,22-24,31-32,35,38,41,44-47,49-50,52-69H2,1-3H3/b10-7-,19-16-,20-17-,21-18-,28-25-,29-26-,30-27-,34-33-,37-36-,42-40-,43-39-,51-48-. The van der Waals surface area contributed by atoms with Crippen molar-refractivity contribution >= 4 is 17.9 Å². The molecular formula is C73H118O6. The van der Waals surface area contributed by atoms with Crippen LogP contribution in [0.15, 0.2) is 146 Å². The van der Waals surface area contributed by atoms with E-state index in [-0.39, 0.29) is 31.1 Å². The van der Waals surface area contributed by atoms with Crippen LogP contribution >= 0.6 is 0 Å². The van der Waals surface area contributed by atoms with Crippen molar-refractivity contribution in [1.29, 1.82) is 0 Å². The van der Waals surface area contributed by atoms with E-state index in [2.05, 4.69) is 167 Å². The van der Waals surface area contributed by atoms with Crippen LogP contribution in [-0.4, -0.2) is 37.2 Å². The van der Waals surface area contributed by atoms with Crippen LogP contribution in [0.3, 0.4) is 0 Å². The van der Waals surface area contributed by atoms with Gasteiger partial charge < -0.3 is 14.2 Å². The Morgan fingerprint density at radius 1 is 0.266 bits per heavy atom. The Hall–Kier alpha value is -4.71. The summed E-state index contributed by atoms with van der Waals surface area (Å²) in [6, 6.07) is 0. The second-order valence-corrected chi connectivity index (χ2v) is 20.9. The Labute approximate surface area is 487 Å². The molecule has 1 unspecified atom stereocenters. The van der Waals surface area contributed by atoms with Crippen molar-refractivity contribution in [2.75, 3.05) is 13.2 Å². The van der Waals surface area contributed by atoms with Crippen molar-refractivity contribution in [1.82, 2.24) is 0 Å². The van der Waals surface area contributed by atoms with E-state index in [4.69, 9.17) is 14.2 Å². The minimum Gasteiger partial charge on any atom is -0.462 e. The van der Waals surface area contributed by atoms with Gasteiger partial charge in [0.25, 0.3) is 0 Å². The summed E-state index contributed by atoms with van der Waals surface area (Å²) in [5.41, 5.74) is 0. The van der Waals surface area contributed by atoms with Gasteiger partial charge in [-0.2, -0.15) is 0 Å². The Morgan fingerprint density at radius 2 is 0.494 bits per heavy atom. The molecule has 0 bridgehead atoms. The molecule has 0 aromatic carbocycles. The van der Waals surface area contributed by atoms with Crippen LogP contribution in [0.4, 0.5) is 0 Å². The lowest BCUT2D eigenvalue weighted by Crippen LogP contribution is -2.30. The van der Waals surface area contributed by atoms with Gasteiger partial charge in [-0.1, -0.05) is 256 Å². The van der Waals surface area contributed by atoms with Gasteiger partial charge in [0.2, 0.25) is 0 Å². The maximum absolute atomic E-state index is 12.9. The van der Waals surface area contributed by atoms with Crippen molar-refractivity contribution in [2.45, 2.75) is 284 Å². The number of carbonyl (C=O) groups excluding carboxylic acids is 3. The highest BCUT2D eigenvalue weighted by Crippen LogP contribution is 2.14. The van der Waals surface area contributed by atoms with Crippen LogP contribution in [0.2, 0.25) is 0 Å². The highest BCUT2D eigenvalue weighted by molar-refractivity contribution is 5.71. The number of allylic oxidation sites excluding steroid dienone is 24. The fourth-order valence-corrected chi connectivity index (χ4v) is 8.46. The third kappa shape index (κ3) is 64.0. The summed E-state index contributed by atoms with van der Waals surface area (Å²) in [5, 5.41) is 0. The molecule has 0 fully saturated rings. The Kier molecular flexibility index (Phi) is 61.9. The number of hydrogen-bond donors (Lipinski definition) is 0. The zero-order valence-electron chi connectivity index (χ0n) is 51.1. The summed E-state index contributed by atoms with van der Waals surface area (Å²) in [6.45, 7) is 6.43. The van der Waals surface area contributed by atoms with Crippen LogP contribution in [0, 0.1) is 0 Å². The molecule has 446 valence electrons. The predicted molar refractivity (Wildman–Crippen MR) is 343 cm³/mol. The lowest BCUT2D eigenvalue weighted by Gasteiger charge is -2.18. The fraction of sp³-hybridized carbons (Fsp3) is 0.630. The van der Waals surface area contributed by atoms with Gasteiger partial charge in [-0.25, -0.2) is 0 Å². The monoisotopic (exact) mass is 1090 g/mol. The van der Waals surface area contributed by atoms with Crippen molar-refractivity contribution in [2.24, 2.45) is 0 Å². The van der Waals surface area contributed by atoms with Gasteiger partial charge in [-0.3, -0.25) is 14.4 Å². The molecule has 0 rings (SSSR count). The molecule has 0 saturated heterocycles. The quantitative estimate of drug-likeness (QED) is 0.0261. The molecule has 0 aliphatic heterocycles. The van der Waals surface area contributed by atoms with Crippen LogP contribution in [0.25, 0.3) is 0 Å². The number of esters is 3. The zero-order chi connectivity index (χ0) is 57.1. The average Bonchev–Trinajstić information content (AvgIpc) is 3.45. The number of ether oxygens (including phenoxy) is 3. The summed E-state index contributed by atoms with van der Waals surface area (Å²) in [5.74, 6) is -0.957. The first kappa shape index (κ1) is 74.3. The third-order valence-corrected chi connectivity index (χ3v) is 13.3. The minimum atomic E-state index is -0.811. The van der Waals surface area contributed by atoms with E-state index in [0.717, 1.165) is 148 Å². The lowest BCUT2D eigenvalue weighted by molar-refractivity contribution is -0.167. The summed E-state index contributed by atoms with van der Waals surface area (Å²) in [7, 11) is 0. The Morgan fingerprint density at radius 3 is 0.785 bits per heavy atom. The van der Waals surface area contributed by atoms with E-state index in [1.54, 1.807) is 0 Å². The van der Waals surface area contributed by atoms with E-state index in [0.29, 0.717) is 19.3 Å². The number of hydrogen-bond acceptors (Lipinski definition) is 6. The first-order valence-corrected chi connectivity index (χ1v) is 32.3. The molecule has 0 aromatic rings. The van der Waals surface area contributed by atoms with E-state index in [1.165, 1.54) is 89.9 Å². The number of rotatable bonds is 57. The second kappa shape index (κ2) is 65.8. The second-order valence-electron chi connectivity index (χ2n) is 20.9. The molecule has 0 saturated carbocycles. The maximum Gasteiger partial charge on any atom is 0.306 e.